The number of hydrogen-bond acceptors (Lipinski definition) is 1. The largest absolute Gasteiger partial charge is 0.162 e. The average molecular weight is 591 g/mol. The molecule has 4 rings (SSSR count). The van der Waals surface area contributed by atoms with Crippen LogP contribution in [0.15, 0.2) is 121 Å². The van der Waals surface area contributed by atoms with Gasteiger partial charge in [0, 0.05) is 0 Å². The third-order valence-corrected chi connectivity index (χ3v) is 10.7. The van der Waals surface area contributed by atoms with E-state index in [1.807, 2.05) is 0 Å². The third kappa shape index (κ3) is 11.3. The molecule has 43 heavy (non-hydrogen) atoms. The van der Waals surface area contributed by atoms with E-state index in [0.29, 0.717) is 0 Å². The highest BCUT2D eigenvalue weighted by Crippen LogP contribution is 2.36. The molecule has 2 unspecified atom stereocenters. The normalized spacial score (nSPS) is 14.2. The number of aryl methyl sites for hydroxylation is 2. The molecule has 0 aliphatic heterocycles. The van der Waals surface area contributed by atoms with Crippen molar-refractivity contribution in [3.05, 3.63) is 144 Å². The summed E-state index contributed by atoms with van der Waals surface area (Å²) in [6, 6.07) is 44.5. The van der Waals surface area contributed by atoms with Crippen LogP contribution in [0.25, 0.3) is 0 Å². The summed E-state index contributed by atoms with van der Waals surface area (Å²) in [5.74, 6) is 2.62. The summed E-state index contributed by atoms with van der Waals surface area (Å²) < 4.78 is 0. The van der Waals surface area contributed by atoms with Crippen LogP contribution >= 0.6 is 11.8 Å². The zero-order valence-corrected chi connectivity index (χ0v) is 27.7. The first-order chi connectivity index (χ1) is 21.1. The van der Waals surface area contributed by atoms with Crippen LogP contribution in [0, 0.1) is 0 Å². The van der Waals surface area contributed by atoms with Gasteiger partial charge in [0.15, 0.2) is 0 Å². The maximum absolute atomic E-state index is 2.49. The molecule has 0 radical (unpaired) electrons. The second-order valence-corrected chi connectivity index (χ2v) is 14.3. The van der Waals surface area contributed by atoms with Crippen LogP contribution in [0.5, 0.6) is 0 Å². The van der Waals surface area contributed by atoms with E-state index < -0.39 is 0 Å². The van der Waals surface area contributed by atoms with Crippen LogP contribution < -0.4 is 0 Å². The van der Waals surface area contributed by atoms with E-state index in [0.717, 1.165) is 12.8 Å². The number of benzene rings is 4. The zero-order chi connectivity index (χ0) is 30.1. The summed E-state index contributed by atoms with van der Waals surface area (Å²) in [7, 11) is 0. The first-order valence-corrected chi connectivity index (χ1v) is 18.0. The summed E-state index contributed by atoms with van der Waals surface area (Å²) in [5, 5.41) is 0. The van der Waals surface area contributed by atoms with Crippen LogP contribution in [0.4, 0.5) is 0 Å². The van der Waals surface area contributed by atoms with Crippen molar-refractivity contribution in [3.8, 4) is 0 Å². The van der Waals surface area contributed by atoms with Crippen molar-refractivity contribution < 1.29 is 0 Å². The van der Waals surface area contributed by atoms with Crippen molar-refractivity contribution in [3.63, 3.8) is 0 Å². The Hall–Kier alpha value is -2.77. The summed E-state index contributed by atoms with van der Waals surface area (Å²) in [6.45, 7) is 4.98. The van der Waals surface area contributed by atoms with Crippen molar-refractivity contribution in [2.75, 3.05) is 11.5 Å². The van der Waals surface area contributed by atoms with E-state index >= 15 is 0 Å². The van der Waals surface area contributed by atoms with Crippen molar-refractivity contribution in [1.82, 2.24) is 0 Å². The number of rotatable bonds is 20. The van der Waals surface area contributed by atoms with Crippen LogP contribution in [-0.2, 0) is 23.7 Å². The van der Waals surface area contributed by atoms with Gasteiger partial charge in [-0.3, -0.25) is 0 Å². The van der Waals surface area contributed by atoms with Gasteiger partial charge >= 0.3 is 0 Å². The first-order valence-electron chi connectivity index (χ1n) is 16.8. The standard InChI is InChI=1S/C42H54S/c1-41(39-25-13-5-14-26-39,33-29-37-21-9-3-10-22-37)31-17-7-19-35-43-36-20-8-18-32-42(2,40-27-15-6-16-28-40)34-30-38-23-11-4-12-24-38/h3-6,9-16,21-28H,7-8,17-20,29-36H2,1-2H3. The van der Waals surface area contributed by atoms with Crippen LogP contribution in [0.2, 0.25) is 0 Å². The van der Waals surface area contributed by atoms with Gasteiger partial charge in [-0.2, -0.15) is 11.8 Å². The Morgan fingerprint density at radius 1 is 0.395 bits per heavy atom. The highest BCUT2D eigenvalue weighted by Gasteiger charge is 2.26. The lowest BCUT2D eigenvalue weighted by Gasteiger charge is -2.31. The molecule has 0 amide bonds. The second kappa shape index (κ2) is 18.1. The molecule has 2 atom stereocenters. The molecule has 4 aromatic rings. The second-order valence-electron chi connectivity index (χ2n) is 13.1. The van der Waals surface area contributed by atoms with Gasteiger partial charge in [0.25, 0.3) is 0 Å². The van der Waals surface area contributed by atoms with Gasteiger partial charge in [0.2, 0.25) is 0 Å². The molecular formula is C42H54S. The fourth-order valence-electron chi connectivity index (χ4n) is 6.53. The molecule has 0 aliphatic carbocycles. The maximum Gasteiger partial charge on any atom is -0.00675 e. The Labute approximate surface area is 267 Å². The van der Waals surface area contributed by atoms with Gasteiger partial charge < -0.3 is 0 Å². The van der Waals surface area contributed by atoms with Gasteiger partial charge in [-0.1, -0.05) is 161 Å². The average Bonchev–Trinajstić information content (AvgIpc) is 3.07. The molecule has 0 bridgehead atoms. The minimum Gasteiger partial charge on any atom is -0.162 e. The maximum atomic E-state index is 2.49. The SMILES string of the molecule is CC(CCCCCSCCCCCC(C)(CCc1ccccc1)c1ccccc1)(CCc1ccccc1)c1ccccc1. The number of unbranched alkanes of at least 4 members (excludes halogenated alkanes) is 4. The van der Waals surface area contributed by atoms with Gasteiger partial charge in [0.05, 0.1) is 0 Å². The smallest absolute Gasteiger partial charge is 0.00675 e. The molecular weight excluding hydrogens is 537 g/mol. The molecule has 0 nitrogen and oxygen atoms in total. The van der Waals surface area contributed by atoms with E-state index in [1.54, 1.807) is 0 Å². The molecule has 0 N–H and O–H groups in total. The molecule has 0 aromatic heterocycles. The Kier molecular flexibility index (Phi) is 14.0. The minimum absolute atomic E-state index is 0.250. The van der Waals surface area contributed by atoms with E-state index in [4.69, 9.17) is 0 Å². The summed E-state index contributed by atoms with van der Waals surface area (Å²) in [4.78, 5) is 0. The highest BCUT2D eigenvalue weighted by molar-refractivity contribution is 7.99. The van der Waals surface area contributed by atoms with E-state index in [1.165, 1.54) is 98.0 Å². The topological polar surface area (TPSA) is 0 Å². The molecule has 0 saturated carbocycles. The number of hydrogen-bond donors (Lipinski definition) is 0. The Bertz CT molecular complexity index is 1150. The third-order valence-electron chi connectivity index (χ3n) is 9.59. The molecule has 0 spiro atoms. The quantitative estimate of drug-likeness (QED) is 0.0923. The van der Waals surface area contributed by atoms with Crippen LogP contribution in [-0.4, -0.2) is 11.5 Å². The van der Waals surface area contributed by atoms with Gasteiger partial charge in [0.1, 0.15) is 0 Å². The predicted molar refractivity (Wildman–Crippen MR) is 191 cm³/mol. The van der Waals surface area contributed by atoms with E-state index in [9.17, 15) is 0 Å². The van der Waals surface area contributed by atoms with Crippen molar-refractivity contribution >= 4 is 11.8 Å². The van der Waals surface area contributed by atoms with Crippen LogP contribution in [0.3, 0.4) is 0 Å². The van der Waals surface area contributed by atoms with Crippen LogP contribution in [0.1, 0.15) is 100 Å². The highest BCUT2D eigenvalue weighted by atomic mass is 32.2. The minimum atomic E-state index is 0.250. The van der Waals surface area contributed by atoms with E-state index in [2.05, 4.69) is 147 Å². The predicted octanol–water partition coefficient (Wildman–Crippen LogP) is 12.0. The Morgan fingerprint density at radius 2 is 0.744 bits per heavy atom. The molecule has 0 heterocycles. The molecule has 228 valence electrons. The Morgan fingerprint density at radius 3 is 1.12 bits per heavy atom. The Balaban J connectivity index is 1.11. The molecule has 4 aromatic carbocycles. The lowest BCUT2D eigenvalue weighted by molar-refractivity contribution is 0.383. The lowest BCUT2D eigenvalue weighted by atomic mass is 9.74. The number of thioether (sulfide) groups is 1. The molecule has 0 saturated heterocycles. The van der Waals surface area contributed by atoms with Gasteiger partial charge in [-0.05, 0) is 96.0 Å². The lowest BCUT2D eigenvalue weighted by Crippen LogP contribution is -2.23. The monoisotopic (exact) mass is 590 g/mol. The van der Waals surface area contributed by atoms with Gasteiger partial charge in [-0.25, -0.2) is 0 Å². The van der Waals surface area contributed by atoms with Crippen molar-refractivity contribution in [1.29, 1.82) is 0 Å². The van der Waals surface area contributed by atoms with Crippen molar-refractivity contribution in [2.45, 2.75) is 102 Å². The fourth-order valence-corrected chi connectivity index (χ4v) is 7.55. The molecule has 0 aliphatic rings. The zero-order valence-electron chi connectivity index (χ0n) is 26.9. The van der Waals surface area contributed by atoms with Crippen molar-refractivity contribution in [2.24, 2.45) is 0 Å². The van der Waals surface area contributed by atoms with Gasteiger partial charge in [-0.15, -0.1) is 0 Å². The van der Waals surface area contributed by atoms with E-state index in [-0.39, 0.29) is 10.8 Å². The summed E-state index contributed by atoms with van der Waals surface area (Å²) >= 11 is 2.18. The molecule has 1 heteroatoms. The fraction of sp³-hybridized carbons (Fsp3) is 0.429. The first kappa shape index (κ1) is 33.1. The molecule has 0 fully saturated rings. The summed E-state index contributed by atoms with van der Waals surface area (Å²) in [6.07, 6.45) is 15.3. The summed E-state index contributed by atoms with van der Waals surface area (Å²) in [5.41, 5.74) is 6.42.